The molecule has 1 unspecified atom stereocenters. The molecule has 1 amide bonds. The average Bonchev–Trinajstić information content (AvgIpc) is 2.08. The van der Waals surface area contributed by atoms with Crippen molar-refractivity contribution in [2.75, 3.05) is 13.1 Å². The summed E-state index contributed by atoms with van der Waals surface area (Å²) in [5, 5.41) is 13.7. The number of hydrogen-bond donors (Lipinski definition) is 3. The van der Waals surface area contributed by atoms with Crippen LogP contribution in [0.3, 0.4) is 0 Å². The molecule has 0 bridgehead atoms. The van der Waals surface area contributed by atoms with Crippen LogP contribution in [0.4, 0.5) is 4.79 Å². The third kappa shape index (κ3) is 9.26. The number of rotatable bonds is 5. The van der Waals surface area contributed by atoms with Crippen molar-refractivity contribution >= 4 is 12.1 Å². The van der Waals surface area contributed by atoms with E-state index in [0.717, 1.165) is 0 Å². The Hall–Kier alpha value is -1.30. The number of hydrogen-bond acceptors (Lipinski definition) is 4. The molecule has 0 radical (unpaired) electrons. The van der Waals surface area contributed by atoms with E-state index in [2.05, 4.69) is 10.6 Å². The minimum absolute atomic E-state index is 0.122. The van der Waals surface area contributed by atoms with E-state index in [-0.39, 0.29) is 12.6 Å². The molecule has 1 atom stereocenters. The number of carbonyl (C=O) groups is 2. The van der Waals surface area contributed by atoms with E-state index in [9.17, 15) is 9.59 Å². The van der Waals surface area contributed by atoms with Crippen molar-refractivity contribution in [3.8, 4) is 0 Å². The molecule has 0 saturated heterocycles. The number of aliphatic carboxylic acids is 1. The smallest absolute Gasteiger partial charge is 0.407 e. The zero-order chi connectivity index (χ0) is 12.8. The number of carboxylic acid groups (broad SMARTS) is 1. The largest absolute Gasteiger partial charge is 0.480 e. The summed E-state index contributed by atoms with van der Waals surface area (Å²) in [6.45, 7) is 7.30. The zero-order valence-electron chi connectivity index (χ0n) is 10.2. The highest BCUT2D eigenvalue weighted by molar-refractivity contribution is 5.69. The molecular formula is C10H20N2O4. The van der Waals surface area contributed by atoms with Gasteiger partial charge in [-0.25, -0.2) is 4.79 Å². The highest BCUT2D eigenvalue weighted by Gasteiger charge is 2.16. The van der Waals surface area contributed by atoms with Crippen molar-refractivity contribution in [2.45, 2.75) is 39.3 Å². The van der Waals surface area contributed by atoms with E-state index in [4.69, 9.17) is 9.84 Å². The molecule has 0 heterocycles. The first-order chi connectivity index (χ1) is 7.20. The van der Waals surface area contributed by atoms with Gasteiger partial charge in [0.1, 0.15) is 5.60 Å². The Morgan fingerprint density at radius 2 is 1.94 bits per heavy atom. The van der Waals surface area contributed by atoms with Gasteiger partial charge in [0.2, 0.25) is 0 Å². The summed E-state index contributed by atoms with van der Waals surface area (Å²) in [6, 6.07) is -0.122. The van der Waals surface area contributed by atoms with Crippen LogP contribution in [0.15, 0.2) is 0 Å². The Bertz CT molecular complexity index is 248. The molecule has 16 heavy (non-hydrogen) atoms. The Morgan fingerprint density at radius 3 is 2.38 bits per heavy atom. The predicted octanol–water partition coefficient (Wildman–Crippen LogP) is 0.574. The van der Waals surface area contributed by atoms with Crippen LogP contribution < -0.4 is 10.6 Å². The van der Waals surface area contributed by atoms with E-state index in [0.29, 0.717) is 6.54 Å². The molecule has 0 fully saturated rings. The third-order valence-corrected chi connectivity index (χ3v) is 1.55. The summed E-state index contributed by atoms with van der Waals surface area (Å²) in [4.78, 5) is 21.5. The van der Waals surface area contributed by atoms with Crippen LogP contribution in [-0.2, 0) is 9.53 Å². The first-order valence-electron chi connectivity index (χ1n) is 5.13. The van der Waals surface area contributed by atoms with Gasteiger partial charge >= 0.3 is 12.1 Å². The SMILES string of the molecule is CC(CNC(=O)OC(C)(C)C)NCC(=O)O. The van der Waals surface area contributed by atoms with Crippen molar-refractivity contribution in [3.63, 3.8) is 0 Å². The number of nitrogens with one attached hydrogen (secondary N) is 2. The van der Waals surface area contributed by atoms with Gasteiger partial charge in [0.15, 0.2) is 0 Å². The fourth-order valence-electron chi connectivity index (χ4n) is 0.884. The van der Waals surface area contributed by atoms with Gasteiger partial charge in [-0.1, -0.05) is 0 Å². The topological polar surface area (TPSA) is 87.7 Å². The van der Waals surface area contributed by atoms with Gasteiger partial charge in [0.05, 0.1) is 6.54 Å². The van der Waals surface area contributed by atoms with Crippen LogP contribution in [0.2, 0.25) is 0 Å². The predicted molar refractivity (Wildman–Crippen MR) is 59.3 cm³/mol. The molecule has 0 spiro atoms. The lowest BCUT2D eigenvalue weighted by molar-refractivity contribution is -0.136. The van der Waals surface area contributed by atoms with E-state index in [1.165, 1.54) is 0 Å². The van der Waals surface area contributed by atoms with Gasteiger partial charge in [0.25, 0.3) is 0 Å². The van der Waals surface area contributed by atoms with Crippen LogP contribution in [0.1, 0.15) is 27.7 Å². The second-order valence-electron chi connectivity index (χ2n) is 4.56. The molecular weight excluding hydrogens is 212 g/mol. The Balaban J connectivity index is 3.71. The molecule has 0 rings (SSSR count). The van der Waals surface area contributed by atoms with E-state index in [1.54, 1.807) is 27.7 Å². The molecule has 0 aromatic carbocycles. The van der Waals surface area contributed by atoms with Gasteiger partial charge in [-0.15, -0.1) is 0 Å². The molecule has 3 N–H and O–H groups in total. The lowest BCUT2D eigenvalue weighted by Gasteiger charge is -2.20. The molecule has 0 aromatic rings. The molecule has 0 saturated carbocycles. The molecule has 6 nitrogen and oxygen atoms in total. The average molecular weight is 232 g/mol. The van der Waals surface area contributed by atoms with Gasteiger partial charge in [-0.2, -0.15) is 0 Å². The standard InChI is InChI=1S/C10H20N2O4/c1-7(11-6-8(13)14)5-12-9(15)16-10(2,3)4/h7,11H,5-6H2,1-4H3,(H,12,15)(H,13,14). The summed E-state index contributed by atoms with van der Waals surface area (Å²) < 4.78 is 5.02. The molecule has 0 aromatic heterocycles. The van der Waals surface area contributed by atoms with Crippen LogP contribution in [0.5, 0.6) is 0 Å². The molecule has 94 valence electrons. The lowest BCUT2D eigenvalue weighted by atomic mass is 10.2. The fraction of sp³-hybridized carbons (Fsp3) is 0.800. The highest BCUT2D eigenvalue weighted by atomic mass is 16.6. The number of ether oxygens (including phenoxy) is 1. The van der Waals surface area contributed by atoms with Gasteiger partial charge < -0.3 is 20.5 Å². The summed E-state index contributed by atoms with van der Waals surface area (Å²) >= 11 is 0. The number of carboxylic acids is 1. The van der Waals surface area contributed by atoms with Crippen LogP contribution in [0.25, 0.3) is 0 Å². The van der Waals surface area contributed by atoms with Crippen LogP contribution in [0, 0.1) is 0 Å². The normalized spacial score (nSPS) is 13.0. The summed E-state index contributed by atoms with van der Waals surface area (Å²) in [7, 11) is 0. The number of amides is 1. The van der Waals surface area contributed by atoms with Crippen LogP contribution in [-0.4, -0.2) is 41.9 Å². The van der Waals surface area contributed by atoms with Crippen molar-refractivity contribution < 1.29 is 19.4 Å². The molecule has 0 aliphatic carbocycles. The Labute approximate surface area is 95.4 Å². The minimum atomic E-state index is -0.927. The summed E-state index contributed by atoms with van der Waals surface area (Å²) in [6.07, 6.45) is -0.503. The van der Waals surface area contributed by atoms with Crippen molar-refractivity contribution in [1.29, 1.82) is 0 Å². The van der Waals surface area contributed by atoms with Crippen LogP contribution >= 0.6 is 0 Å². The Kier molecular flexibility index (Phi) is 5.81. The highest BCUT2D eigenvalue weighted by Crippen LogP contribution is 2.06. The van der Waals surface area contributed by atoms with Crippen molar-refractivity contribution in [2.24, 2.45) is 0 Å². The van der Waals surface area contributed by atoms with Gasteiger partial charge in [-0.3, -0.25) is 4.79 Å². The summed E-state index contributed by atoms with van der Waals surface area (Å²) in [5.41, 5.74) is -0.526. The molecule has 0 aliphatic heterocycles. The first-order valence-corrected chi connectivity index (χ1v) is 5.13. The molecule has 0 aliphatic rings. The Morgan fingerprint density at radius 1 is 1.38 bits per heavy atom. The lowest BCUT2D eigenvalue weighted by Crippen LogP contribution is -2.42. The van der Waals surface area contributed by atoms with Crippen molar-refractivity contribution in [3.05, 3.63) is 0 Å². The fourth-order valence-corrected chi connectivity index (χ4v) is 0.884. The zero-order valence-corrected chi connectivity index (χ0v) is 10.2. The van der Waals surface area contributed by atoms with Gasteiger partial charge in [-0.05, 0) is 27.7 Å². The maximum Gasteiger partial charge on any atom is 0.407 e. The van der Waals surface area contributed by atoms with Gasteiger partial charge in [0, 0.05) is 12.6 Å². The maximum atomic E-state index is 11.2. The quantitative estimate of drug-likeness (QED) is 0.645. The second kappa shape index (κ2) is 6.32. The summed E-state index contributed by atoms with van der Waals surface area (Å²) in [5.74, 6) is -0.927. The second-order valence-corrected chi connectivity index (χ2v) is 4.56. The van der Waals surface area contributed by atoms with Crippen molar-refractivity contribution in [1.82, 2.24) is 10.6 Å². The van der Waals surface area contributed by atoms with E-state index in [1.807, 2.05) is 0 Å². The number of alkyl carbamates (subject to hydrolysis) is 1. The number of carbonyl (C=O) groups excluding carboxylic acids is 1. The minimum Gasteiger partial charge on any atom is -0.480 e. The molecule has 6 heteroatoms. The first kappa shape index (κ1) is 14.7. The maximum absolute atomic E-state index is 11.2. The monoisotopic (exact) mass is 232 g/mol. The third-order valence-electron chi connectivity index (χ3n) is 1.55. The van der Waals surface area contributed by atoms with E-state index < -0.39 is 17.7 Å². The van der Waals surface area contributed by atoms with E-state index >= 15 is 0 Å².